The second-order valence-electron chi connectivity index (χ2n) is 10.6. The van der Waals surface area contributed by atoms with Crippen molar-refractivity contribution in [3.8, 4) is 11.3 Å². The first-order valence-corrected chi connectivity index (χ1v) is 13.7. The quantitative estimate of drug-likeness (QED) is 0.293. The fourth-order valence-electron chi connectivity index (χ4n) is 5.73. The first-order valence-electron chi connectivity index (χ1n) is 13.3. The van der Waals surface area contributed by atoms with Gasteiger partial charge in [-0.1, -0.05) is 19.3 Å². The second kappa shape index (κ2) is 11.3. The number of ketones is 1. The Morgan fingerprint density at radius 1 is 1.10 bits per heavy atom. The zero-order chi connectivity index (χ0) is 28.6. The van der Waals surface area contributed by atoms with Crippen molar-refractivity contribution < 1.29 is 27.2 Å². The number of amides is 1. The fourth-order valence-corrected chi connectivity index (χ4v) is 5.91. The number of carbonyl (C=O) groups excluding carboxylic acids is 2. The van der Waals surface area contributed by atoms with Crippen LogP contribution >= 0.6 is 11.6 Å². The molecule has 0 bridgehead atoms. The van der Waals surface area contributed by atoms with E-state index in [2.05, 4.69) is 25.5 Å². The zero-order valence-electron chi connectivity index (χ0n) is 21.8. The van der Waals surface area contributed by atoms with Crippen LogP contribution in [0.1, 0.15) is 57.6 Å². The Morgan fingerprint density at radius 3 is 2.55 bits per heavy atom. The highest BCUT2D eigenvalue weighted by Gasteiger charge is 2.48. The summed E-state index contributed by atoms with van der Waals surface area (Å²) in [6.07, 6.45) is 0.0895. The van der Waals surface area contributed by atoms with Gasteiger partial charge in [0, 0.05) is 30.6 Å². The molecule has 2 aliphatic rings. The van der Waals surface area contributed by atoms with E-state index in [1.165, 1.54) is 25.1 Å². The van der Waals surface area contributed by atoms with Crippen molar-refractivity contribution >= 4 is 40.0 Å². The lowest BCUT2D eigenvalue weighted by atomic mass is 9.90. The van der Waals surface area contributed by atoms with Gasteiger partial charge in [-0.05, 0) is 56.3 Å². The first-order chi connectivity index (χ1) is 19.0. The molecule has 2 aromatic heterocycles. The van der Waals surface area contributed by atoms with Crippen molar-refractivity contribution in [3.05, 3.63) is 35.0 Å². The van der Waals surface area contributed by atoms with Crippen LogP contribution < -0.4 is 10.2 Å². The number of fused-ring (bicyclic) bond motifs is 1. The van der Waals surface area contributed by atoms with Gasteiger partial charge in [0.2, 0.25) is 11.2 Å². The summed E-state index contributed by atoms with van der Waals surface area (Å²) in [7, 11) is 0. The predicted molar refractivity (Wildman–Crippen MR) is 141 cm³/mol. The summed E-state index contributed by atoms with van der Waals surface area (Å²) in [5.74, 6) is -1.86. The van der Waals surface area contributed by atoms with Crippen LogP contribution in [0, 0.1) is 11.7 Å². The van der Waals surface area contributed by atoms with E-state index >= 15 is 4.39 Å². The highest BCUT2D eigenvalue weighted by atomic mass is 35.5. The highest BCUT2D eigenvalue weighted by Crippen LogP contribution is 2.38. The van der Waals surface area contributed by atoms with Gasteiger partial charge in [0.1, 0.15) is 23.5 Å². The number of carbonyl (C=O) groups is 2. The monoisotopic (exact) mass is 580 g/mol. The lowest BCUT2D eigenvalue weighted by Crippen LogP contribution is -2.55. The first kappa shape index (κ1) is 28.3. The van der Waals surface area contributed by atoms with Crippen molar-refractivity contribution in [2.24, 2.45) is 5.92 Å². The molecule has 2 atom stereocenters. The van der Waals surface area contributed by atoms with E-state index in [0.29, 0.717) is 5.69 Å². The van der Waals surface area contributed by atoms with Gasteiger partial charge in [0.05, 0.1) is 28.2 Å². The number of alkyl halides is 3. The molecule has 1 saturated carbocycles. The molecule has 1 aliphatic carbocycles. The van der Waals surface area contributed by atoms with Gasteiger partial charge < -0.3 is 10.2 Å². The van der Waals surface area contributed by atoms with E-state index in [4.69, 9.17) is 11.6 Å². The Morgan fingerprint density at radius 2 is 1.85 bits per heavy atom. The number of benzene rings is 1. The molecule has 0 radical (unpaired) electrons. The number of hydrogen-bond acceptors (Lipinski definition) is 6. The van der Waals surface area contributed by atoms with Crippen LogP contribution in [0.2, 0.25) is 5.28 Å². The van der Waals surface area contributed by atoms with Crippen LogP contribution in [0.15, 0.2) is 18.2 Å². The average Bonchev–Trinajstić information content (AvgIpc) is 3.30. The van der Waals surface area contributed by atoms with Gasteiger partial charge in [-0.15, -0.1) is 0 Å². The van der Waals surface area contributed by atoms with Crippen molar-refractivity contribution in [1.29, 1.82) is 0 Å². The van der Waals surface area contributed by atoms with E-state index in [0.717, 1.165) is 37.0 Å². The molecule has 3 aromatic rings. The summed E-state index contributed by atoms with van der Waals surface area (Å²) >= 11 is 6.17. The molecule has 2 fully saturated rings. The molecule has 13 heteroatoms. The van der Waals surface area contributed by atoms with Crippen LogP contribution in [0.25, 0.3) is 22.2 Å². The Bertz CT molecular complexity index is 1420. The maximum absolute atomic E-state index is 15.1. The molecule has 0 spiro atoms. The SMILES string of the molecule is CC(=O)Cc1[nH]nc2cc(-c3cc(N4CC(C(=O)NC5CCCCC5)CCC4C(F)(F)F)nc(Cl)n3)cc(F)c12. The lowest BCUT2D eigenvalue weighted by molar-refractivity contribution is -0.156. The minimum atomic E-state index is -4.57. The number of anilines is 1. The Labute approximate surface area is 232 Å². The van der Waals surface area contributed by atoms with Gasteiger partial charge in [-0.25, -0.2) is 14.4 Å². The van der Waals surface area contributed by atoms with Crippen LogP contribution in [-0.4, -0.2) is 56.7 Å². The third-order valence-corrected chi connectivity index (χ3v) is 7.83. The molecule has 1 saturated heterocycles. The Hall–Kier alpha value is -3.28. The van der Waals surface area contributed by atoms with Crippen molar-refractivity contribution in [2.75, 3.05) is 11.4 Å². The van der Waals surface area contributed by atoms with Crippen LogP contribution in [0.3, 0.4) is 0 Å². The lowest BCUT2D eigenvalue weighted by Gasteiger charge is -2.41. The van der Waals surface area contributed by atoms with Crippen LogP contribution in [0.4, 0.5) is 23.4 Å². The third kappa shape index (κ3) is 6.06. The van der Waals surface area contributed by atoms with E-state index in [-0.39, 0.29) is 76.8 Å². The number of H-pyrrole nitrogens is 1. The molecule has 8 nitrogen and oxygen atoms in total. The number of rotatable bonds is 6. The van der Waals surface area contributed by atoms with Crippen molar-refractivity contribution in [1.82, 2.24) is 25.5 Å². The van der Waals surface area contributed by atoms with Gasteiger partial charge >= 0.3 is 6.18 Å². The topological polar surface area (TPSA) is 104 Å². The summed E-state index contributed by atoms with van der Waals surface area (Å²) in [4.78, 5) is 33.8. The van der Waals surface area contributed by atoms with Gasteiger partial charge in [0.25, 0.3) is 0 Å². The smallest absolute Gasteiger partial charge is 0.353 e. The molecule has 2 unspecified atom stereocenters. The van der Waals surface area contributed by atoms with E-state index in [1.807, 2.05) is 0 Å². The molecule has 1 aliphatic heterocycles. The molecule has 214 valence electrons. The number of nitrogens with one attached hydrogen (secondary N) is 2. The average molecular weight is 581 g/mol. The zero-order valence-corrected chi connectivity index (χ0v) is 22.6. The Kier molecular flexibility index (Phi) is 7.98. The minimum absolute atomic E-state index is 0.0282. The van der Waals surface area contributed by atoms with E-state index in [1.54, 1.807) is 0 Å². The van der Waals surface area contributed by atoms with Crippen molar-refractivity contribution in [3.63, 3.8) is 0 Å². The molecule has 2 N–H and O–H groups in total. The molecular formula is C27H29ClF4N6O2. The summed E-state index contributed by atoms with van der Waals surface area (Å²) in [5.41, 5.74) is 0.880. The highest BCUT2D eigenvalue weighted by molar-refractivity contribution is 6.28. The van der Waals surface area contributed by atoms with E-state index < -0.39 is 24.0 Å². The number of halogens is 5. The third-order valence-electron chi connectivity index (χ3n) is 7.67. The number of aromatic nitrogens is 4. The fraction of sp³-hybridized carbons (Fsp3) is 0.519. The molecule has 5 rings (SSSR count). The van der Waals surface area contributed by atoms with Gasteiger partial charge in [0.15, 0.2) is 0 Å². The molecular weight excluding hydrogens is 552 g/mol. The van der Waals surface area contributed by atoms with Crippen molar-refractivity contribution in [2.45, 2.75) is 76.6 Å². The van der Waals surface area contributed by atoms with Gasteiger partial charge in [-0.3, -0.25) is 14.7 Å². The number of hydrogen-bond donors (Lipinski definition) is 2. The Balaban J connectivity index is 1.46. The number of piperidine rings is 1. The second-order valence-corrected chi connectivity index (χ2v) is 11.0. The van der Waals surface area contributed by atoms with E-state index in [9.17, 15) is 22.8 Å². The normalized spacial score (nSPS) is 20.6. The molecule has 1 amide bonds. The number of aromatic amines is 1. The molecule has 3 heterocycles. The summed E-state index contributed by atoms with van der Waals surface area (Å²) < 4.78 is 57.5. The summed E-state index contributed by atoms with van der Waals surface area (Å²) in [5, 5.41) is 9.60. The standard InChI is InChI=1S/C27H29ClF4N6O2/c1-14(39)9-20-24-18(29)10-16(11-21(24)37-36-20)19-12-23(35-26(28)34-19)38-13-15(7-8-22(38)27(30,31)32)25(40)33-17-5-3-2-4-6-17/h10-12,15,17,22H,2-9,13H2,1H3,(H,33,40)(H,36,37). The van der Waals surface area contributed by atoms with Crippen LogP contribution in [0.5, 0.6) is 0 Å². The minimum Gasteiger partial charge on any atom is -0.353 e. The maximum atomic E-state index is 15.1. The van der Waals surface area contributed by atoms with Crippen LogP contribution in [-0.2, 0) is 16.0 Å². The largest absolute Gasteiger partial charge is 0.408 e. The maximum Gasteiger partial charge on any atom is 0.408 e. The number of Topliss-reactive ketones (excluding diaryl/α,β-unsaturated/α-hetero) is 1. The molecule has 40 heavy (non-hydrogen) atoms. The summed E-state index contributed by atoms with van der Waals surface area (Å²) in [6.45, 7) is 1.18. The number of nitrogens with zero attached hydrogens (tertiary/aromatic N) is 4. The van der Waals surface area contributed by atoms with Gasteiger partial charge in [-0.2, -0.15) is 18.3 Å². The predicted octanol–water partition coefficient (Wildman–Crippen LogP) is 5.54. The molecule has 1 aromatic carbocycles. The summed E-state index contributed by atoms with van der Waals surface area (Å²) in [6, 6.07) is 2.17.